The summed E-state index contributed by atoms with van der Waals surface area (Å²) in [6.45, 7) is 1.74. The Kier molecular flexibility index (Phi) is 4.27. The lowest BCUT2D eigenvalue weighted by Gasteiger charge is -2.70. The van der Waals surface area contributed by atoms with Crippen LogP contribution < -0.4 is 10.1 Å². The number of imidazole rings is 1. The molecular weight excluding hydrogens is 445 g/mol. The van der Waals surface area contributed by atoms with Crippen LogP contribution >= 0.6 is 11.6 Å². The number of hydrogen-bond acceptors (Lipinski definition) is 4. The average Bonchev–Trinajstić information content (AvgIpc) is 3.21. The summed E-state index contributed by atoms with van der Waals surface area (Å²) >= 11 is 5.96. The number of fused-ring (bicyclic) bond motifs is 1. The van der Waals surface area contributed by atoms with Gasteiger partial charge in [0.1, 0.15) is 11.6 Å². The van der Waals surface area contributed by atoms with Crippen LogP contribution in [0.15, 0.2) is 48.9 Å². The number of carbonyl (C=O) groups excluding carboxylic acids is 2. The number of aryl methyl sites for hydroxylation is 1. The van der Waals surface area contributed by atoms with Crippen molar-refractivity contribution in [2.75, 3.05) is 0 Å². The molecule has 0 radical (unpaired) electrons. The van der Waals surface area contributed by atoms with Gasteiger partial charge >= 0.3 is 0 Å². The summed E-state index contributed by atoms with van der Waals surface area (Å²) in [4.78, 5) is 29.8. The first-order valence-electron chi connectivity index (χ1n) is 10.9. The number of aromatic nitrogens is 2. The van der Waals surface area contributed by atoms with E-state index in [0.717, 1.165) is 30.5 Å². The van der Waals surface area contributed by atoms with E-state index in [9.17, 15) is 14.0 Å². The highest BCUT2D eigenvalue weighted by Crippen LogP contribution is 2.65. The van der Waals surface area contributed by atoms with Gasteiger partial charge in [-0.2, -0.15) is 0 Å². The number of ketones is 1. The molecule has 3 aromatic rings. The van der Waals surface area contributed by atoms with Crippen LogP contribution in [0.4, 0.5) is 4.39 Å². The van der Waals surface area contributed by atoms with Gasteiger partial charge in [-0.15, -0.1) is 0 Å². The Bertz CT molecular complexity index is 1310. The minimum atomic E-state index is -0.835. The van der Waals surface area contributed by atoms with Crippen LogP contribution in [0.25, 0.3) is 11.3 Å². The van der Waals surface area contributed by atoms with E-state index in [2.05, 4.69) is 14.9 Å². The maximum absolute atomic E-state index is 13.6. The molecule has 3 fully saturated rings. The maximum atomic E-state index is 13.6. The second-order valence-corrected chi connectivity index (χ2v) is 9.97. The summed E-state index contributed by atoms with van der Waals surface area (Å²) in [7, 11) is 0. The third kappa shape index (κ3) is 3.17. The predicted molar refractivity (Wildman–Crippen MR) is 120 cm³/mol. The van der Waals surface area contributed by atoms with E-state index in [4.69, 9.17) is 16.3 Å². The smallest absolute Gasteiger partial charge is 0.261 e. The molecule has 7 rings (SSSR count). The molecule has 0 unspecified atom stereocenters. The van der Waals surface area contributed by atoms with Gasteiger partial charge in [-0.3, -0.25) is 9.59 Å². The quantitative estimate of drug-likeness (QED) is 0.618. The molecule has 4 aliphatic rings. The Morgan fingerprint density at radius 2 is 2.03 bits per heavy atom. The van der Waals surface area contributed by atoms with Crippen molar-refractivity contribution in [2.24, 2.45) is 0 Å². The van der Waals surface area contributed by atoms with Crippen LogP contribution in [-0.4, -0.2) is 32.9 Å². The average molecular weight is 466 g/mol. The van der Waals surface area contributed by atoms with Crippen LogP contribution in [0.1, 0.15) is 41.6 Å². The number of benzene rings is 2. The van der Waals surface area contributed by atoms with Gasteiger partial charge in [-0.25, -0.2) is 9.37 Å². The first kappa shape index (κ1) is 20.4. The Morgan fingerprint density at radius 1 is 1.24 bits per heavy atom. The van der Waals surface area contributed by atoms with Crippen LogP contribution in [0.3, 0.4) is 0 Å². The fourth-order valence-electron chi connectivity index (χ4n) is 5.46. The molecule has 168 valence electrons. The lowest BCUT2D eigenvalue weighted by atomic mass is 9.44. The third-order valence-electron chi connectivity index (χ3n) is 7.15. The molecule has 3 saturated carbocycles. The zero-order chi connectivity index (χ0) is 23.0. The molecule has 0 saturated heterocycles. The SMILES string of the molecule is Cc1cc(-c2cn(C34CC(NC(=O)[C@@H]5CC(=O)c6cc(Cl)ccc6O5)(C3)C4)cn2)ccc1F. The molecule has 8 heteroatoms. The van der Waals surface area contributed by atoms with Crippen LogP contribution in [0, 0.1) is 12.7 Å². The van der Waals surface area contributed by atoms with Gasteiger partial charge in [0.15, 0.2) is 11.9 Å². The number of amides is 1. The highest BCUT2D eigenvalue weighted by Gasteiger charge is 2.70. The highest BCUT2D eigenvalue weighted by molar-refractivity contribution is 6.31. The van der Waals surface area contributed by atoms with Crippen molar-refractivity contribution in [3.05, 3.63) is 70.9 Å². The summed E-state index contributed by atoms with van der Waals surface area (Å²) < 4.78 is 21.5. The van der Waals surface area contributed by atoms with Crippen molar-refractivity contribution in [1.29, 1.82) is 0 Å². The van der Waals surface area contributed by atoms with E-state index in [0.29, 0.717) is 21.9 Å². The first-order valence-corrected chi connectivity index (χ1v) is 11.3. The molecule has 1 N–H and O–H groups in total. The molecule has 6 nitrogen and oxygen atoms in total. The van der Waals surface area contributed by atoms with Crippen molar-refractivity contribution < 1.29 is 18.7 Å². The topological polar surface area (TPSA) is 73.2 Å². The van der Waals surface area contributed by atoms with Gasteiger partial charge in [0.2, 0.25) is 0 Å². The summed E-state index contributed by atoms with van der Waals surface area (Å²) in [6, 6.07) is 9.83. The Hall–Kier alpha value is -3.19. The number of carbonyl (C=O) groups is 2. The molecule has 3 aliphatic carbocycles. The normalized spacial score (nSPS) is 27.1. The lowest BCUT2D eigenvalue weighted by Crippen LogP contribution is -2.79. The van der Waals surface area contributed by atoms with Gasteiger partial charge in [0, 0.05) is 22.3 Å². The molecule has 1 aromatic heterocycles. The molecule has 1 atom stereocenters. The van der Waals surface area contributed by atoms with E-state index >= 15 is 0 Å². The van der Waals surface area contributed by atoms with E-state index in [1.807, 2.05) is 12.5 Å². The van der Waals surface area contributed by atoms with E-state index in [-0.39, 0.29) is 35.0 Å². The number of halogens is 2. The van der Waals surface area contributed by atoms with E-state index < -0.39 is 6.10 Å². The van der Waals surface area contributed by atoms with Gasteiger partial charge < -0.3 is 14.6 Å². The van der Waals surface area contributed by atoms with Crippen molar-refractivity contribution in [3.8, 4) is 17.0 Å². The lowest BCUT2D eigenvalue weighted by molar-refractivity contribution is -0.160. The van der Waals surface area contributed by atoms with Crippen molar-refractivity contribution in [2.45, 2.75) is 49.8 Å². The zero-order valence-corrected chi connectivity index (χ0v) is 18.7. The third-order valence-corrected chi connectivity index (χ3v) is 7.38. The molecule has 1 amide bonds. The summed E-state index contributed by atoms with van der Waals surface area (Å²) in [5, 5.41) is 3.58. The number of nitrogens with one attached hydrogen (secondary N) is 1. The minimum absolute atomic E-state index is 0.00235. The maximum Gasteiger partial charge on any atom is 0.261 e. The van der Waals surface area contributed by atoms with Crippen LogP contribution in [-0.2, 0) is 10.3 Å². The minimum Gasteiger partial charge on any atom is -0.479 e. The van der Waals surface area contributed by atoms with Crippen molar-refractivity contribution in [1.82, 2.24) is 14.9 Å². The number of nitrogens with zero attached hydrogens (tertiary/aromatic N) is 2. The van der Waals surface area contributed by atoms with Crippen LogP contribution in [0.2, 0.25) is 5.02 Å². The standard InChI is InChI=1S/C25H21ClFN3O3/c1-14-6-15(2-4-18(14)27)19-9-30(13-28-19)25-10-24(11-25,12-25)29-23(32)22-8-20(31)17-7-16(26)3-5-21(17)33-22/h2-7,9,13,22H,8,10-12H2,1H3,(H,29,32)/t22-,24?,25?/m0/s1. The molecule has 33 heavy (non-hydrogen) atoms. The summed E-state index contributed by atoms with van der Waals surface area (Å²) in [6.07, 6.45) is 5.37. The molecule has 1 aliphatic heterocycles. The summed E-state index contributed by atoms with van der Waals surface area (Å²) in [5.41, 5.74) is 2.37. The molecule has 0 spiro atoms. The monoisotopic (exact) mass is 465 g/mol. The Labute approximate surface area is 194 Å². The zero-order valence-electron chi connectivity index (χ0n) is 17.9. The number of ether oxygens (including phenoxy) is 1. The Balaban J connectivity index is 1.11. The fraction of sp³-hybridized carbons (Fsp3) is 0.320. The van der Waals surface area contributed by atoms with Crippen molar-refractivity contribution >= 4 is 23.3 Å². The molecule has 2 heterocycles. The fourth-order valence-corrected chi connectivity index (χ4v) is 5.63. The Morgan fingerprint density at radius 3 is 2.79 bits per heavy atom. The van der Waals surface area contributed by atoms with E-state index in [1.54, 1.807) is 37.3 Å². The molecule has 2 aromatic carbocycles. The van der Waals surface area contributed by atoms with Crippen LogP contribution in [0.5, 0.6) is 5.75 Å². The van der Waals surface area contributed by atoms with Gasteiger partial charge in [-0.05, 0) is 68.1 Å². The van der Waals surface area contributed by atoms with E-state index in [1.165, 1.54) is 6.07 Å². The van der Waals surface area contributed by atoms with Gasteiger partial charge in [0.25, 0.3) is 5.91 Å². The predicted octanol–water partition coefficient (Wildman–Crippen LogP) is 4.43. The first-order chi connectivity index (χ1) is 15.8. The largest absolute Gasteiger partial charge is 0.479 e. The van der Waals surface area contributed by atoms with Crippen molar-refractivity contribution in [3.63, 3.8) is 0 Å². The highest BCUT2D eigenvalue weighted by atomic mass is 35.5. The van der Waals surface area contributed by atoms with Gasteiger partial charge in [0.05, 0.1) is 29.5 Å². The number of rotatable bonds is 4. The second-order valence-electron chi connectivity index (χ2n) is 9.53. The molecular formula is C25H21ClFN3O3. The molecule has 2 bridgehead atoms. The number of hydrogen-bond donors (Lipinski definition) is 1. The number of Topliss-reactive ketones (excluding diaryl/α,β-unsaturated/α-hetero) is 1. The van der Waals surface area contributed by atoms with Gasteiger partial charge in [-0.1, -0.05) is 11.6 Å². The summed E-state index contributed by atoms with van der Waals surface area (Å²) in [5.74, 6) is -0.238. The second kappa shape index (κ2) is 6.90.